The number of carbonyl (C=O) groups excluding carboxylic acids is 6. The SMILES string of the molecule is O=C1N[C@H]2CCCC[C@@H]2NC(=O)c2cc3cc(c2)C(=O)N[C@H]2CCCC[C@@H]2NC(=O)c2cc4cc(c2)C(=O)N[C@H]2CCCC[C@@H]2NC(=O)c2cc(cc1c2)SCP(=O)(CS3)CS4. The summed E-state index contributed by atoms with van der Waals surface area (Å²) in [6.07, 6.45) is 8.99. The lowest BCUT2D eigenvalue weighted by atomic mass is 9.89. The molecule has 0 radical (unpaired) electrons. The van der Waals surface area contributed by atoms with E-state index in [0.717, 1.165) is 38.5 Å². The monoisotopic (exact) mass is 914 g/mol. The summed E-state index contributed by atoms with van der Waals surface area (Å²) in [5.41, 5.74) is 2.06. The summed E-state index contributed by atoms with van der Waals surface area (Å²) in [6.45, 7) is 0. The summed E-state index contributed by atoms with van der Waals surface area (Å²) in [7, 11) is -3.23. The Bertz CT molecular complexity index is 1990. The molecule has 6 N–H and O–H groups in total. The van der Waals surface area contributed by atoms with Gasteiger partial charge < -0.3 is 36.5 Å². The first-order chi connectivity index (χ1) is 29.9. The molecule has 6 amide bonds. The van der Waals surface area contributed by atoms with E-state index in [1.165, 1.54) is 35.3 Å². The van der Waals surface area contributed by atoms with Gasteiger partial charge in [-0.2, -0.15) is 0 Å². The molecule has 3 heterocycles. The molecule has 3 saturated carbocycles. The number of rotatable bonds is 0. The zero-order valence-electron chi connectivity index (χ0n) is 34.3. The smallest absolute Gasteiger partial charge is 0.251 e. The molecule has 326 valence electrons. The fourth-order valence-corrected chi connectivity index (χ4v) is 18.2. The number of hydrogen-bond donors (Lipinski definition) is 6. The van der Waals surface area contributed by atoms with E-state index in [0.29, 0.717) is 53.2 Å². The van der Waals surface area contributed by atoms with Crippen molar-refractivity contribution >= 4 is 77.9 Å². The van der Waals surface area contributed by atoms with Crippen LogP contribution in [-0.4, -0.2) is 88.2 Å². The third-order valence-electron chi connectivity index (χ3n) is 12.9. The Hall–Kier alpha value is -4.24. The van der Waals surface area contributed by atoms with E-state index >= 15 is 4.57 Å². The molecule has 62 heavy (non-hydrogen) atoms. The molecule has 17 heteroatoms. The molecule has 13 nitrogen and oxygen atoms in total. The lowest BCUT2D eigenvalue weighted by molar-refractivity contribution is 0.0858. The Labute approximate surface area is 373 Å². The maximum Gasteiger partial charge on any atom is 0.251 e. The van der Waals surface area contributed by atoms with Crippen LogP contribution in [-0.2, 0) is 4.57 Å². The maximum absolute atomic E-state index is 15.4. The highest BCUT2D eigenvalue weighted by atomic mass is 32.2. The van der Waals surface area contributed by atoms with Crippen molar-refractivity contribution in [2.75, 3.05) is 16.5 Å². The fourth-order valence-electron chi connectivity index (χ4n) is 9.46. The van der Waals surface area contributed by atoms with Crippen molar-refractivity contribution in [2.45, 2.75) is 128 Å². The second-order valence-corrected chi connectivity index (χ2v) is 24.9. The summed E-state index contributed by atoms with van der Waals surface area (Å²) in [6, 6.07) is 12.8. The molecule has 3 aromatic carbocycles. The standard InChI is InChI=1S/C45H51N6O7PS3/c52-40-25-13-27-18-31(16-25)60-22-59(58)23-61-32-17-26(41(53)47-35-8-2-1-7-34(35)46-40)14-28(19-32)43(55)49-38-11-5-6-12-39(38)51-45(57)30-15-29(20-33(21-30)62-24-59)44(56)50-37-10-4-3-9-36(37)48-42(27)54/h13-21,34-39H,1-12,22-24H2,(H,46,52)(H,47,53)(H,48,54)(H,49,55)(H,50,56)(H,51,57)/t34-,35-,36-,37-,38-,39-/m0/s1. The van der Waals surface area contributed by atoms with Crippen molar-refractivity contribution in [2.24, 2.45) is 0 Å². The van der Waals surface area contributed by atoms with E-state index < -0.39 is 43.4 Å². The van der Waals surface area contributed by atoms with Gasteiger partial charge in [-0.15, -0.1) is 35.3 Å². The van der Waals surface area contributed by atoms with Crippen molar-refractivity contribution in [3.63, 3.8) is 0 Å². The topological polar surface area (TPSA) is 192 Å². The van der Waals surface area contributed by atoms with Crippen LogP contribution in [0.3, 0.4) is 0 Å². The van der Waals surface area contributed by atoms with Gasteiger partial charge in [-0.25, -0.2) is 0 Å². The lowest BCUT2D eigenvalue weighted by Gasteiger charge is -2.33. The number of fused-ring (bicyclic) bond motifs is 12. The van der Waals surface area contributed by atoms with Crippen molar-refractivity contribution in [1.82, 2.24) is 31.9 Å². The highest BCUT2D eigenvalue weighted by Crippen LogP contribution is 2.57. The van der Waals surface area contributed by atoms with Gasteiger partial charge in [0.2, 0.25) is 0 Å². The average Bonchev–Trinajstić information content (AvgIpc) is 3.27. The van der Waals surface area contributed by atoms with E-state index in [1.807, 2.05) is 0 Å². The first-order valence-electron chi connectivity index (χ1n) is 21.7. The first kappa shape index (κ1) is 43.0. The first-order valence-corrected chi connectivity index (χ1v) is 26.9. The van der Waals surface area contributed by atoms with Crippen LogP contribution in [0, 0.1) is 0 Å². The number of benzene rings is 3. The minimum Gasteiger partial charge on any atom is -0.347 e. The molecule has 0 saturated heterocycles. The summed E-state index contributed by atoms with van der Waals surface area (Å²) in [4.78, 5) is 87.1. The van der Waals surface area contributed by atoms with E-state index in [-0.39, 0.29) is 85.3 Å². The van der Waals surface area contributed by atoms with Crippen LogP contribution in [0.4, 0.5) is 0 Å². The Kier molecular flexibility index (Phi) is 12.8. The van der Waals surface area contributed by atoms with E-state index in [2.05, 4.69) is 31.9 Å². The van der Waals surface area contributed by atoms with Gasteiger partial charge in [0.25, 0.3) is 35.4 Å². The zero-order valence-corrected chi connectivity index (χ0v) is 37.6. The van der Waals surface area contributed by atoms with Gasteiger partial charge >= 0.3 is 0 Å². The molecule has 3 aromatic rings. The van der Waals surface area contributed by atoms with Gasteiger partial charge in [-0.1, -0.05) is 38.5 Å². The van der Waals surface area contributed by atoms with Gasteiger partial charge in [-0.05, 0) is 93.1 Å². The molecule has 3 fully saturated rings. The van der Waals surface area contributed by atoms with E-state index in [1.54, 1.807) is 54.6 Å². The number of nitrogens with one attached hydrogen (secondary N) is 6. The highest BCUT2D eigenvalue weighted by molar-refractivity contribution is 8.15. The molecule has 6 atom stereocenters. The molecule has 10 bridgehead atoms. The second kappa shape index (κ2) is 18.5. The zero-order chi connectivity index (χ0) is 43.0. The lowest BCUT2D eigenvalue weighted by Crippen LogP contribution is -2.53. The Morgan fingerprint density at radius 1 is 0.339 bits per heavy atom. The predicted molar refractivity (Wildman–Crippen MR) is 242 cm³/mol. The second-order valence-electron chi connectivity index (χ2n) is 17.4. The maximum atomic E-state index is 15.4. The molecule has 0 spiro atoms. The van der Waals surface area contributed by atoms with Gasteiger partial charge in [-0.3, -0.25) is 28.8 Å². The highest BCUT2D eigenvalue weighted by Gasteiger charge is 2.34. The summed E-state index contributed by atoms with van der Waals surface area (Å²) in [5, 5.41) is 19.0. The van der Waals surface area contributed by atoms with Crippen LogP contribution < -0.4 is 31.9 Å². The Morgan fingerprint density at radius 3 is 0.726 bits per heavy atom. The summed E-state index contributed by atoms with van der Waals surface area (Å²) < 4.78 is 15.4. The molecule has 0 unspecified atom stereocenters. The molecule has 3 aliphatic carbocycles. The van der Waals surface area contributed by atoms with Gasteiger partial charge in [0.05, 0.1) is 16.5 Å². The van der Waals surface area contributed by atoms with Crippen molar-refractivity contribution in [3.8, 4) is 0 Å². The third kappa shape index (κ3) is 9.78. The Balaban J connectivity index is 1.20. The van der Waals surface area contributed by atoms with E-state index in [9.17, 15) is 28.8 Å². The average molecular weight is 915 g/mol. The number of thioether (sulfide) groups is 3. The van der Waals surface area contributed by atoms with Gasteiger partial charge in [0, 0.05) is 84.3 Å². The molecular weight excluding hydrogens is 864 g/mol. The molecule has 9 rings (SSSR count). The molecule has 6 aliphatic rings. The predicted octanol–water partition coefficient (Wildman–Crippen LogP) is 6.95. The largest absolute Gasteiger partial charge is 0.347 e. The number of hydrogen-bond acceptors (Lipinski definition) is 10. The van der Waals surface area contributed by atoms with Crippen molar-refractivity contribution in [1.29, 1.82) is 0 Å². The van der Waals surface area contributed by atoms with Crippen LogP contribution >= 0.6 is 42.4 Å². The number of amides is 6. The van der Waals surface area contributed by atoms with Crippen LogP contribution in [0.15, 0.2) is 69.3 Å². The van der Waals surface area contributed by atoms with Crippen LogP contribution in [0.5, 0.6) is 0 Å². The van der Waals surface area contributed by atoms with Crippen molar-refractivity contribution < 1.29 is 33.3 Å². The molecule has 3 aliphatic heterocycles. The van der Waals surface area contributed by atoms with Crippen LogP contribution in [0.25, 0.3) is 0 Å². The quantitative estimate of drug-likeness (QED) is 0.129. The van der Waals surface area contributed by atoms with E-state index in [4.69, 9.17) is 0 Å². The molecular formula is C45H51N6O7PS3. The minimum absolute atomic E-state index is 0.138. The van der Waals surface area contributed by atoms with Gasteiger partial charge in [0.15, 0.2) is 0 Å². The van der Waals surface area contributed by atoms with Crippen LogP contribution in [0.2, 0.25) is 0 Å². The summed E-state index contributed by atoms with van der Waals surface area (Å²) >= 11 is 3.95. The Morgan fingerprint density at radius 2 is 0.532 bits per heavy atom. The van der Waals surface area contributed by atoms with Crippen LogP contribution in [0.1, 0.15) is 139 Å². The molecule has 0 aromatic heterocycles. The van der Waals surface area contributed by atoms with Crippen molar-refractivity contribution in [3.05, 3.63) is 88.0 Å². The number of carbonyl (C=O) groups is 6. The fraction of sp³-hybridized carbons (Fsp3) is 0.467. The normalized spacial score (nSPS) is 28.0. The van der Waals surface area contributed by atoms with Gasteiger partial charge in [0.1, 0.15) is 7.14 Å². The summed E-state index contributed by atoms with van der Waals surface area (Å²) in [5.74, 6) is -2.32. The minimum atomic E-state index is -3.23. The third-order valence-corrected chi connectivity index (χ3v) is 21.8.